The van der Waals surface area contributed by atoms with Gasteiger partial charge in [-0.1, -0.05) is 11.6 Å². The van der Waals surface area contributed by atoms with Crippen LogP contribution >= 0.6 is 0 Å². The predicted molar refractivity (Wildman–Crippen MR) is 63.9 cm³/mol. The molecule has 2 heterocycles. The van der Waals surface area contributed by atoms with Crippen LogP contribution in [0.1, 0.15) is 6.92 Å². The molecule has 0 aromatic heterocycles. The fraction of sp³-hybridized carbons (Fsp3) is 0.600. The van der Waals surface area contributed by atoms with Crippen LogP contribution < -0.4 is 0 Å². The second-order valence-corrected chi connectivity index (χ2v) is 6.75. The van der Waals surface area contributed by atoms with E-state index in [1.165, 1.54) is 0 Å². The molecule has 8 atom stereocenters. The van der Waals surface area contributed by atoms with Crippen LogP contribution in [0.2, 0.25) is 0 Å². The quantitative estimate of drug-likeness (QED) is 0.356. The molecule has 6 aliphatic rings. The Kier molecular flexibility index (Phi) is 1.81. The summed E-state index contributed by atoms with van der Waals surface area (Å²) in [5.74, 6) is -4.27. The van der Waals surface area contributed by atoms with Gasteiger partial charge in [-0.05, 0) is 30.6 Å². The number of carbonyl (C=O) groups is 4. The highest BCUT2D eigenvalue weighted by molar-refractivity contribution is 6.01. The molecule has 0 amide bonds. The first-order chi connectivity index (χ1) is 10.0. The molecule has 4 fully saturated rings. The van der Waals surface area contributed by atoms with Gasteiger partial charge in [-0.2, -0.15) is 0 Å². The number of ether oxygens (including phenoxy) is 2. The molecule has 4 aliphatic carbocycles. The Bertz CT molecular complexity index is 676. The smallest absolute Gasteiger partial charge is 0.318 e. The summed E-state index contributed by atoms with van der Waals surface area (Å²) in [6.45, 7) is 1.93. The predicted octanol–water partition coefficient (Wildman–Crippen LogP) is 0.0699. The van der Waals surface area contributed by atoms with Gasteiger partial charge in [0.15, 0.2) is 0 Å². The van der Waals surface area contributed by atoms with E-state index in [1.54, 1.807) is 0 Å². The number of hydrogen-bond acceptors (Lipinski definition) is 6. The van der Waals surface area contributed by atoms with Crippen molar-refractivity contribution in [2.24, 2.45) is 47.3 Å². The molecule has 0 radical (unpaired) electrons. The van der Waals surface area contributed by atoms with Gasteiger partial charge in [0.05, 0.1) is 23.7 Å². The molecular weight excluding hydrogens is 276 g/mol. The molecule has 0 aromatic carbocycles. The lowest BCUT2D eigenvalue weighted by Crippen LogP contribution is -2.64. The molecule has 0 N–H and O–H groups in total. The number of hydrogen-bond donors (Lipinski definition) is 0. The minimum atomic E-state index is -0.489. The summed E-state index contributed by atoms with van der Waals surface area (Å²) in [7, 11) is 0. The number of esters is 4. The summed E-state index contributed by atoms with van der Waals surface area (Å²) in [5.41, 5.74) is 1.03. The molecule has 2 saturated carbocycles. The number of cyclic esters (lactones) is 4. The maximum absolute atomic E-state index is 12.0. The van der Waals surface area contributed by atoms with Gasteiger partial charge < -0.3 is 9.47 Å². The Labute approximate surface area is 119 Å². The second-order valence-electron chi connectivity index (χ2n) is 6.75. The summed E-state index contributed by atoms with van der Waals surface area (Å²) in [6, 6.07) is 0. The Hall–Kier alpha value is -1.98. The Morgan fingerprint density at radius 3 is 1.90 bits per heavy atom. The number of rotatable bonds is 0. The first-order valence-corrected chi connectivity index (χ1v) is 7.20. The van der Waals surface area contributed by atoms with E-state index in [9.17, 15) is 19.2 Å². The van der Waals surface area contributed by atoms with Crippen molar-refractivity contribution >= 4 is 23.9 Å². The van der Waals surface area contributed by atoms with Crippen LogP contribution in [0, 0.1) is 47.3 Å². The van der Waals surface area contributed by atoms with Crippen LogP contribution in [-0.2, 0) is 28.7 Å². The Morgan fingerprint density at radius 1 is 0.714 bits per heavy atom. The molecule has 6 rings (SSSR count). The minimum Gasteiger partial charge on any atom is -0.393 e. The third-order valence-corrected chi connectivity index (χ3v) is 6.18. The standard InChI is InChI=1S/C15H12O6/c1-3-2-4-6-8(11-10(6)14(18)21-15(11)19)5(3)9-7(4)12(16)20-13(9)17/h2,4-11H,1H3/t4-,5+,6+,7+,8+,9-,10-,11+/m0/s1. The van der Waals surface area contributed by atoms with Crippen LogP contribution in [0.4, 0.5) is 0 Å². The molecule has 0 unspecified atom stereocenters. The lowest BCUT2D eigenvalue weighted by Gasteiger charge is -2.60. The van der Waals surface area contributed by atoms with Crippen LogP contribution in [0.3, 0.4) is 0 Å². The van der Waals surface area contributed by atoms with Crippen LogP contribution in [0.15, 0.2) is 11.6 Å². The molecule has 6 heteroatoms. The van der Waals surface area contributed by atoms with Crippen LogP contribution in [-0.4, -0.2) is 23.9 Å². The van der Waals surface area contributed by atoms with Crippen molar-refractivity contribution in [3.05, 3.63) is 11.6 Å². The number of allylic oxidation sites excluding steroid dienone is 2. The normalized spacial score (nSPS) is 52.5. The third kappa shape index (κ3) is 1.06. The maximum atomic E-state index is 12.0. The lowest BCUT2D eigenvalue weighted by molar-refractivity contribution is -0.168. The molecule has 2 aliphatic heterocycles. The van der Waals surface area contributed by atoms with Crippen molar-refractivity contribution < 1.29 is 28.7 Å². The van der Waals surface area contributed by atoms with E-state index < -0.39 is 47.5 Å². The summed E-state index contributed by atoms with van der Waals surface area (Å²) in [6.07, 6.45) is 2.00. The van der Waals surface area contributed by atoms with Crippen LogP contribution in [0.25, 0.3) is 0 Å². The maximum Gasteiger partial charge on any atom is 0.318 e. The van der Waals surface area contributed by atoms with E-state index >= 15 is 0 Å². The zero-order valence-electron chi connectivity index (χ0n) is 11.1. The Morgan fingerprint density at radius 2 is 1.24 bits per heavy atom. The van der Waals surface area contributed by atoms with Crippen molar-refractivity contribution in [3.8, 4) is 0 Å². The molecule has 108 valence electrons. The molecule has 2 bridgehead atoms. The molecule has 2 saturated heterocycles. The highest BCUT2D eigenvalue weighted by atomic mass is 16.6. The van der Waals surface area contributed by atoms with Gasteiger partial charge in [0.2, 0.25) is 0 Å². The summed E-state index contributed by atoms with van der Waals surface area (Å²) >= 11 is 0. The summed E-state index contributed by atoms with van der Waals surface area (Å²) in [4.78, 5) is 47.7. The zero-order chi connectivity index (χ0) is 14.6. The number of carbonyl (C=O) groups excluding carboxylic acids is 4. The van der Waals surface area contributed by atoms with E-state index in [1.807, 2.05) is 13.0 Å². The number of fused-ring (bicyclic) bond motifs is 1. The van der Waals surface area contributed by atoms with E-state index in [0.717, 1.165) is 5.57 Å². The first-order valence-electron chi connectivity index (χ1n) is 7.20. The van der Waals surface area contributed by atoms with Crippen molar-refractivity contribution in [2.75, 3.05) is 0 Å². The lowest BCUT2D eigenvalue weighted by atomic mass is 9.39. The van der Waals surface area contributed by atoms with Crippen LogP contribution in [0.5, 0.6) is 0 Å². The molecule has 0 spiro atoms. The van der Waals surface area contributed by atoms with Gasteiger partial charge in [-0.15, -0.1) is 0 Å². The molecule has 21 heavy (non-hydrogen) atoms. The van der Waals surface area contributed by atoms with E-state index in [0.29, 0.717) is 0 Å². The van der Waals surface area contributed by atoms with Gasteiger partial charge in [0.25, 0.3) is 0 Å². The molecule has 6 nitrogen and oxygen atoms in total. The van der Waals surface area contributed by atoms with Gasteiger partial charge in [-0.3, -0.25) is 19.2 Å². The van der Waals surface area contributed by atoms with Gasteiger partial charge in [0, 0.05) is 0 Å². The van der Waals surface area contributed by atoms with Crippen molar-refractivity contribution in [2.45, 2.75) is 6.92 Å². The summed E-state index contributed by atoms with van der Waals surface area (Å²) in [5, 5.41) is 0. The first kappa shape index (κ1) is 11.7. The van der Waals surface area contributed by atoms with Gasteiger partial charge in [0.1, 0.15) is 0 Å². The Balaban J connectivity index is 1.66. The van der Waals surface area contributed by atoms with E-state index in [2.05, 4.69) is 0 Å². The van der Waals surface area contributed by atoms with E-state index in [-0.39, 0.29) is 23.7 Å². The monoisotopic (exact) mass is 288 g/mol. The van der Waals surface area contributed by atoms with Crippen molar-refractivity contribution in [1.29, 1.82) is 0 Å². The largest absolute Gasteiger partial charge is 0.393 e. The molecule has 0 aromatic rings. The fourth-order valence-corrected chi connectivity index (χ4v) is 5.60. The van der Waals surface area contributed by atoms with Crippen molar-refractivity contribution in [3.63, 3.8) is 0 Å². The fourth-order valence-electron chi connectivity index (χ4n) is 5.60. The molecular formula is C15H12O6. The minimum absolute atomic E-state index is 0.0661. The van der Waals surface area contributed by atoms with Gasteiger partial charge >= 0.3 is 23.9 Å². The second kappa shape index (κ2) is 3.26. The highest BCUT2D eigenvalue weighted by Gasteiger charge is 2.75. The van der Waals surface area contributed by atoms with Crippen molar-refractivity contribution in [1.82, 2.24) is 0 Å². The van der Waals surface area contributed by atoms with E-state index in [4.69, 9.17) is 9.47 Å². The summed E-state index contributed by atoms with van der Waals surface area (Å²) < 4.78 is 9.60. The average Bonchev–Trinajstić information content (AvgIpc) is 2.79. The van der Waals surface area contributed by atoms with Gasteiger partial charge in [-0.25, -0.2) is 0 Å². The zero-order valence-corrected chi connectivity index (χ0v) is 11.1. The third-order valence-electron chi connectivity index (χ3n) is 6.18. The average molecular weight is 288 g/mol. The SMILES string of the molecule is CC1=C[C@@H]2[C@H]3C(=O)OC(=O)[C@H]3[C@H]1[C@H]1[C@H]3C(=O)OC(=O)[C@H]3[C@H]21. The topological polar surface area (TPSA) is 86.7 Å². The highest BCUT2D eigenvalue weighted by Crippen LogP contribution is 2.69.